The molecule has 0 aromatic heterocycles. The van der Waals surface area contributed by atoms with Gasteiger partial charge in [0.25, 0.3) is 0 Å². The highest BCUT2D eigenvalue weighted by Gasteiger charge is 2.26. The first-order valence-electron chi connectivity index (χ1n) is 6.09. The Bertz CT molecular complexity index is 346. The molecule has 0 fully saturated rings. The van der Waals surface area contributed by atoms with Crippen LogP contribution in [0.5, 0.6) is 0 Å². The summed E-state index contributed by atoms with van der Waals surface area (Å²) in [6, 6.07) is 7.22. The summed E-state index contributed by atoms with van der Waals surface area (Å²) in [4.78, 5) is 1.96. The lowest BCUT2D eigenvalue weighted by Crippen LogP contribution is -2.26. The highest BCUT2D eigenvalue weighted by molar-refractivity contribution is 5.53. The number of alkyl halides is 3. The Morgan fingerprint density at radius 3 is 2.22 bits per heavy atom. The van der Waals surface area contributed by atoms with Crippen molar-refractivity contribution in [1.29, 1.82) is 0 Å². The highest BCUT2D eigenvalue weighted by Crippen LogP contribution is 2.23. The molecule has 18 heavy (non-hydrogen) atoms. The van der Waals surface area contributed by atoms with Gasteiger partial charge in [-0.1, -0.05) is 6.92 Å². The Hall–Kier alpha value is -1.39. The van der Waals surface area contributed by atoms with Gasteiger partial charge in [0.1, 0.15) is 0 Å². The van der Waals surface area contributed by atoms with Crippen molar-refractivity contribution in [3.05, 3.63) is 24.3 Å². The number of halogens is 3. The van der Waals surface area contributed by atoms with Crippen LogP contribution >= 0.6 is 0 Å². The van der Waals surface area contributed by atoms with Crippen LogP contribution in [0.1, 0.15) is 26.2 Å². The maximum Gasteiger partial charge on any atom is 0.389 e. The number of nitrogens with zero attached hydrogens (tertiary/aromatic N) is 1. The molecule has 2 nitrogen and oxygen atoms in total. The Balaban J connectivity index is 2.57. The maximum atomic E-state index is 12.1. The third-order valence-corrected chi connectivity index (χ3v) is 2.64. The van der Waals surface area contributed by atoms with Crippen molar-refractivity contribution >= 4 is 11.4 Å². The summed E-state index contributed by atoms with van der Waals surface area (Å²) < 4.78 is 36.3. The molecule has 0 heterocycles. The molecular formula is C13H19F3N2. The molecule has 0 atom stereocenters. The molecule has 0 aliphatic rings. The van der Waals surface area contributed by atoms with E-state index in [0.717, 1.165) is 18.7 Å². The Kier molecular flexibility index (Phi) is 5.31. The van der Waals surface area contributed by atoms with Gasteiger partial charge in [-0.3, -0.25) is 0 Å². The van der Waals surface area contributed by atoms with Gasteiger partial charge in [0.05, 0.1) is 0 Å². The SMILES string of the molecule is CCCN(CCCC(F)(F)F)c1ccc(N)cc1. The number of hydrogen-bond donors (Lipinski definition) is 1. The quantitative estimate of drug-likeness (QED) is 0.788. The molecule has 0 aliphatic heterocycles. The normalized spacial score (nSPS) is 11.6. The first kappa shape index (κ1) is 14.7. The van der Waals surface area contributed by atoms with E-state index in [9.17, 15) is 13.2 Å². The van der Waals surface area contributed by atoms with E-state index in [1.54, 1.807) is 12.1 Å². The Morgan fingerprint density at radius 1 is 1.11 bits per heavy atom. The number of nitrogens with two attached hydrogens (primary N) is 1. The number of rotatable bonds is 6. The van der Waals surface area contributed by atoms with E-state index in [1.807, 2.05) is 24.0 Å². The molecule has 2 N–H and O–H groups in total. The zero-order chi connectivity index (χ0) is 13.6. The van der Waals surface area contributed by atoms with Gasteiger partial charge in [-0.15, -0.1) is 0 Å². The predicted molar refractivity (Wildman–Crippen MR) is 68.6 cm³/mol. The fourth-order valence-electron chi connectivity index (χ4n) is 1.80. The first-order chi connectivity index (χ1) is 8.42. The van der Waals surface area contributed by atoms with Gasteiger partial charge in [0.2, 0.25) is 0 Å². The maximum absolute atomic E-state index is 12.1. The number of benzene rings is 1. The monoisotopic (exact) mass is 260 g/mol. The molecule has 5 heteroatoms. The number of anilines is 2. The van der Waals surface area contributed by atoms with Crippen LogP contribution in [-0.2, 0) is 0 Å². The van der Waals surface area contributed by atoms with Gasteiger partial charge >= 0.3 is 6.18 Å². The molecule has 0 amide bonds. The summed E-state index contributed by atoms with van der Waals surface area (Å²) >= 11 is 0. The summed E-state index contributed by atoms with van der Waals surface area (Å²) in [7, 11) is 0. The summed E-state index contributed by atoms with van der Waals surface area (Å²) in [6.45, 7) is 3.17. The molecule has 0 bridgehead atoms. The summed E-state index contributed by atoms with van der Waals surface area (Å²) in [5.41, 5.74) is 7.17. The zero-order valence-corrected chi connectivity index (χ0v) is 10.5. The van der Waals surface area contributed by atoms with Gasteiger partial charge in [-0.25, -0.2) is 0 Å². The zero-order valence-electron chi connectivity index (χ0n) is 10.5. The predicted octanol–water partition coefficient (Wildman–Crippen LogP) is 3.83. The summed E-state index contributed by atoms with van der Waals surface area (Å²) in [5.74, 6) is 0. The summed E-state index contributed by atoms with van der Waals surface area (Å²) in [5, 5.41) is 0. The molecule has 1 rings (SSSR count). The van der Waals surface area contributed by atoms with Gasteiger partial charge in [-0.05, 0) is 37.1 Å². The average molecular weight is 260 g/mol. The standard InChI is InChI=1S/C13H19F3N2/c1-2-9-18(10-3-8-13(14,15)16)12-6-4-11(17)5-7-12/h4-7H,2-3,8-10,17H2,1H3. The minimum Gasteiger partial charge on any atom is -0.399 e. The minimum atomic E-state index is -4.07. The van der Waals surface area contributed by atoms with E-state index in [4.69, 9.17) is 5.73 Å². The van der Waals surface area contributed by atoms with Crippen LogP contribution < -0.4 is 10.6 Å². The second-order valence-electron chi connectivity index (χ2n) is 4.30. The van der Waals surface area contributed by atoms with E-state index in [-0.39, 0.29) is 6.42 Å². The molecule has 102 valence electrons. The van der Waals surface area contributed by atoms with Gasteiger partial charge < -0.3 is 10.6 Å². The number of nitrogen functional groups attached to an aromatic ring is 1. The topological polar surface area (TPSA) is 29.3 Å². The van der Waals surface area contributed by atoms with Crippen molar-refractivity contribution in [1.82, 2.24) is 0 Å². The second-order valence-corrected chi connectivity index (χ2v) is 4.30. The van der Waals surface area contributed by atoms with Crippen LogP contribution in [0.2, 0.25) is 0 Å². The molecule has 0 unspecified atom stereocenters. The van der Waals surface area contributed by atoms with Crippen LogP contribution in [-0.4, -0.2) is 19.3 Å². The fraction of sp³-hybridized carbons (Fsp3) is 0.538. The van der Waals surface area contributed by atoms with E-state index in [0.29, 0.717) is 12.2 Å². The highest BCUT2D eigenvalue weighted by atomic mass is 19.4. The third kappa shape index (κ3) is 5.29. The molecule has 0 saturated heterocycles. The average Bonchev–Trinajstić information content (AvgIpc) is 2.27. The van der Waals surface area contributed by atoms with Crippen molar-refractivity contribution in [2.75, 3.05) is 23.7 Å². The lowest BCUT2D eigenvalue weighted by atomic mass is 10.2. The van der Waals surface area contributed by atoms with Crippen molar-refractivity contribution in [3.63, 3.8) is 0 Å². The van der Waals surface area contributed by atoms with Crippen molar-refractivity contribution in [2.45, 2.75) is 32.4 Å². The largest absolute Gasteiger partial charge is 0.399 e. The van der Waals surface area contributed by atoms with Crippen LogP contribution in [0, 0.1) is 0 Å². The lowest BCUT2D eigenvalue weighted by Gasteiger charge is -2.24. The van der Waals surface area contributed by atoms with Gasteiger partial charge in [-0.2, -0.15) is 13.2 Å². The molecule has 1 aromatic rings. The molecule has 0 aliphatic carbocycles. The van der Waals surface area contributed by atoms with E-state index >= 15 is 0 Å². The lowest BCUT2D eigenvalue weighted by molar-refractivity contribution is -0.135. The fourth-order valence-corrected chi connectivity index (χ4v) is 1.80. The van der Waals surface area contributed by atoms with Crippen LogP contribution in [0.25, 0.3) is 0 Å². The summed E-state index contributed by atoms with van der Waals surface area (Å²) in [6.07, 6.45) is -3.79. The van der Waals surface area contributed by atoms with Crippen molar-refractivity contribution in [2.24, 2.45) is 0 Å². The second kappa shape index (κ2) is 6.52. The molecule has 0 radical (unpaired) electrons. The van der Waals surface area contributed by atoms with E-state index < -0.39 is 12.6 Å². The first-order valence-corrected chi connectivity index (χ1v) is 6.09. The number of hydrogen-bond acceptors (Lipinski definition) is 2. The Morgan fingerprint density at radius 2 is 1.72 bits per heavy atom. The van der Waals surface area contributed by atoms with Crippen molar-refractivity contribution in [3.8, 4) is 0 Å². The van der Waals surface area contributed by atoms with Crippen LogP contribution in [0.4, 0.5) is 24.5 Å². The van der Waals surface area contributed by atoms with Gasteiger partial charge in [0, 0.05) is 30.9 Å². The third-order valence-electron chi connectivity index (χ3n) is 2.64. The van der Waals surface area contributed by atoms with Crippen LogP contribution in [0.3, 0.4) is 0 Å². The minimum absolute atomic E-state index is 0.119. The molecule has 0 saturated carbocycles. The van der Waals surface area contributed by atoms with Crippen molar-refractivity contribution < 1.29 is 13.2 Å². The molecule has 0 spiro atoms. The van der Waals surface area contributed by atoms with E-state index in [2.05, 4.69) is 0 Å². The van der Waals surface area contributed by atoms with Gasteiger partial charge in [0.15, 0.2) is 0 Å². The smallest absolute Gasteiger partial charge is 0.389 e. The molecular weight excluding hydrogens is 241 g/mol. The molecule has 1 aromatic carbocycles. The van der Waals surface area contributed by atoms with Crippen LogP contribution in [0.15, 0.2) is 24.3 Å². The van der Waals surface area contributed by atoms with E-state index in [1.165, 1.54) is 0 Å². The Labute approximate surface area is 106 Å².